The summed E-state index contributed by atoms with van der Waals surface area (Å²) < 4.78 is 2.18. The molecule has 0 unspecified atom stereocenters. The molecule has 0 spiro atoms. The molecule has 0 saturated heterocycles. The first-order valence-electron chi connectivity index (χ1n) is 10.0. The third-order valence-corrected chi connectivity index (χ3v) is 5.76. The van der Waals surface area contributed by atoms with Crippen LogP contribution in [0, 0.1) is 0 Å². The van der Waals surface area contributed by atoms with Gasteiger partial charge in [-0.25, -0.2) is 4.79 Å². The highest BCUT2D eigenvalue weighted by atomic mass is 35.5. The van der Waals surface area contributed by atoms with E-state index in [1.807, 2.05) is 24.3 Å². The molecule has 0 fully saturated rings. The molecule has 0 amide bonds. The Kier molecular flexibility index (Phi) is 4.92. The molecule has 0 saturated carbocycles. The number of nitrogens with zero attached hydrogens (tertiary/aromatic N) is 2. The first-order valence-corrected chi connectivity index (χ1v) is 10.4. The van der Waals surface area contributed by atoms with Crippen LogP contribution in [0.15, 0.2) is 85.1 Å². The number of hydrogen-bond donors (Lipinski definition) is 1. The van der Waals surface area contributed by atoms with Crippen LogP contribution < -0.4 is 0 Å². The lowest BCUT2D eigenvalue weighted by molar-refractivity contribution is 0.0696. The number of halogens is 1. The van der Waals surface area contributed by atoms with Crippen molar-refractivity contribution in [3.63, 3.8) is 0 Å². The van der Waals surface area contributed by atoms with Crippen LogP contribution in [0.2, 0.25) is 5.02 Å². The molecule has 0 bridgehead atoms. The number of pyridine rings is 1. The van der Waals surface area contributed by atoms with Crippen LogP contribution >= 0.6 is 11.6 Å². The maximum absolute atomic E-state index is 11.6. The van der Waals surface area contributed by atoms with Gasteiger partial charge in [-0.2, -0.15) is 0 Å². The van der Waals surface area contributed by atoms with E-state index in [0.29, 0.717) is 18.0 Å². The van der Waals surface area contributed by atoms with Crippen molar-refractivity contribution in [1.82, 2.24) is 9.55 Å². The second-order valence-corrected chi connectivity index (χ2v) is 8.05. The fourth-order valence-electron chi connectivity index (χ4n) is 3.99. The summed E-state index contributed by atoms with van der Waals surface area (Å²) in [5, 5.41) is 12.2. The van der Waals surface area contributed by atoms with E-state index in [1.54, 1.807) is 12.1 Å². The van der Waals surface area contributed by atoms with Crippen molar-refractivity contribution in [1.29, 1.82) is 0 Å². The number of aromatic carboxylic acids is 1. The predicted octanol–water partition coefficient (Wildman–Crippen LogP) is 6.18. The summed E-state index contributed by atoms with van der Waals surface area (Å²) in [5.41, 5.74) is 5.17. The lowest BCUT2D eigenvalue weighted by atomic mass is 9.99. The molecule has 1 N–H and O–H groups in total. The van der Waals surface area contributed by atoms with Crippen LogP contribution in [-0.4, -0.2) is 20.6 Å². The first kappa shape index (κ1) is 19.3. The molecule has 0 radical (unpaired) electrons. The molecule has 0 aliphatic carbocycles. The van der Waals surface area contributed by atoms with E-state index in [-0.39, 0.29) is 5.56 Å². The van der Waals surface area contributed by atoms with Gasteiger partial charge in [0.25, 0.3) is 0 Å². The number of para-hydroxylation sites is 1. The third-order valence-electron chi connectivity index (χ3n) is 5.52. The Balaban J connectivity index is 1.43. The summed E-state index contributed by atoms with van der Waals surface area (Å²) in [7, 11) is 0. The van der Waals surface area contributed by atoms with Gasteiger partial charge in [0.1, 0.15) is 0 Å². The number of carbonyl (C=O) groups is 1. The summed E-state index contributed by atoms with van der Waals surface area (Å²) in [6, 6.07) is 25.6. The van der Waals surface area contributed by atoms with Crippen LogP contribution in [0.25, 0.3) is 21.8 Å². The van der Waals surface area contributed by atoms with Crippen molar-refractivity contribution >= 4 is 39.4 Å². The van der Waals surface area contributed by atoms with Gasteiger partial charge in [-0.1, -0.05) is 48.0 Å². The molecule has 0 aliphatic heterocycles. The molecule has 3 aromatic carbocycles. The van der Waals surface area contributed by atoms with E-state index < -0.39 is 5.97 Å². The second-order valence-electron chi connectivity index (χ2n) is 7.62. The zero-order valence-corrected chi connectivity index (χ0v) is 17.4. The Morgan fingerprint density at radius 1 is 0.935 bits per heavy atom. The molecule has 4 nitrogen and oxygen atoms in total. The van der Waals surface area contributed by atoms with Gasteiger partial charge in [0.2, 0.25) is 0 Å². The minimum atomic E-state index is -0.965. The van der Waals surface area contributed by atoms with Crippen molar-refractivity contribution in [3.05, 3.63) is 112 Å². The zero-order valence-electron chi connectivity index (χ0n) is 16.6. The van der Waals surface area contributed by atoms with Crippen LogP contribution in [0.4, 0.5) is 0 Å². The molecule has 2 heterocycles. The Labute approximate surface area is 184 Å². The monoisotopic (exact) mass is 426 g/mol. The van der Waals surface area contributed by atoms with Crippen LogP contribution in [0.1, 0.15) is 27.2 Å². The molecule has 2 aromatic heterocycles. The highest BCUT2D eigenvalue weighted by Gasteiger charge is 2.12. The van der Waals surface area contributed by atoms with Gasteiger partial charge in [-0.3, -0.25) is 4.98 Å². The van der Waals surface area contributed by atoms with E-state index in [4.69, 9.17) is 16.6 Å². The fourth-order valence-corrected chi connectivity index (χ4v) is 4.16. The Morgan fingerprint density at radius 2 is 1.81 bits per heavy atom. The lowest BCUT2D eigenvalue weighted by Crippen LogP contribution is -2.03. The number of carboxylic acids is 1. The average molecular weight is 427 g/mol. The second kappa shape index (κ2) is 7.89. The van der Waals surface area contributed by atoms with Crippen molar-refractivity contribution in [3.8, 4) is 0 Å². The minimum Gasteiger partial charge on any atom is -0.478 e. The summed E-state index contributed by atoms with van der Waals surface area (Å²) in [5.74, 6) is -0.965. The van der Waals surface area contributed by atoms with Crippen molar-refractivity contribution in [2.24, 2.45) is 0 Å². The number of fused-ring (bicyclic) bond motifs is 2. The summed E-state index contributed by atoms with van der Waals surface area (Å²) >= 11 is 5.97. The van der Waals surface area contributed by atoms with E-state index in [2.05, 4.69) is 47.2 Å². The standard InChI is InChI=1S/C26H19ClN2O2/c27-21-8-6-19(23(15-21)26(30)31)13-17-5-10-25-20(14-17)11-12-29(25)16-22-9-7-18-3-1-2-4-24(18)28-22/h1-12,14-15H,13,16H2,(H,30,31). The molecular formula is C26H19ClN2O2. The summed E-state index contributed by atoms with van der Waals surface area (Å²) in [6.07, 6.45) is 2.60. The van der Waals surface area contributed by atoms with Gasteiger partial charge < -0.3 is 9.67 Å². The quantitative estimate of drug-likeness (QED) is 0.365. The Morgan fingerprint density at radius 3 is 2.68 bits per heavy atom. The average Bonchev–Trinajstić information content (AvgIpc) is 3.16. The van der Waals surface area contributed by atoms with Crippen molar-refractivity contribution in [2.75, 3.05) is 0 Å². The van der Waals surface area contributed by atoms with Gasteiger partial charge in [0, 0.05) is 22.1 Å². The number of rotatable bonds is 5. The largest absolute Gasteiger partial charge is 0.478 e. The maximum atomic E-state index is 11.6. The van der Waals surface area contributed by atoms with Gasteiger partial charge >= 0.3 is 5.97 Å². The van der Waals surface area contributed by atoms with Crippen molar-refractivity contribution < 1.29 is 9.90 Å². The van der Waals surface area contributed by atoms with Crippen LogP contribution in [0.5, 0.6) is 0 Å². The molecule has 5 rings (SSSR count). The van der Waals surface area contributed by atoms with E-state index >= 15 is 0 Å². The number of carboxylic acid groups (broad SMARTS) is 1. The molecule has 0 aliphatic rings. The minimum absolute atomic E-state index is 0.243. The maximum Gasteiger partial charge on any atom is 0.336 e. The fraction of sp³-hybridized carbons (Fsp3) is 0.0769. The normalized spacial score (nSPS) is 11.3. The number of benzene rings is 3. The smallest absolute Gasteiger partial charge is 0.336 e. The van der Waals surface area contributed by atoms with E-state index in [1.165, 1.54) is 6.07 Å². The first-order chi connectivity index (χ1) is 15.1. The molecule has 0 atom stereocenters. The highest BCUT2D eigenvalue weighted by Crippen LogP contribution is 2.24. The molecular weight excluding hydrogens is 408 g/mol. The third kappa shape index (κ3) is 3.90. The van der Waals surface area contributed by atoms with Gasteiger partial charge in [0.05, 0.1) is 23.3 Å². The van der Waals surface area contributed by atoms with Crippen molar-refractivity contribution in [2.45, 2.75) is 13.0 Å². The molecule has 5 aromatic rings. The van der Waals surface area contributed by atoms with Crippen LogP contribution in [-0.2, 0) is 13.0 Å². The summed E-state index contributed by atoms with van der Waals surface area (Å²) in [4.78, 5) is 16.3. The molecule has 152 valence electrons. The summed E-state index contributed by atoms with van der Waals surface area (Å²) in [6.45, 7) is 0.689. The Hall–Kier alpha value is -3.63. The molecule has 31 heavy (non-hydrogen) atoms. The van der Waals surface area contributed by atoms with Gasteiger partial charge in [-0.05, 0) is 65.4 Å². The highest BCUT2D eigenvalue weighted by molar-refractivity contribution is 6.31. The van der Waals surface area contributed by atoms with Gasteiger partial charge in [0.15, 0.2) is 0 Å². The topological polar surface area (TPSA) is 55.1 Å². The SMILES string of the molecule is O=C(O)c1cc(Cl)ccc1Cc1ccc2c(ccn2Cc2ccc3ccccc3n2)c1. The van der Waals surface area contributed by atoms with Gasteiger partial charge in [-0.15, -0.1) is 0 Å². The van der Waals surface area contributed by atoms with E-state index in [9.17, 15) is 9.90 Å². The Bertz CT molecular complexity index is 1440. The number of hydrogen-bond acceptors (Lipinski definition) is 2. The lowest BCUT2D eigenvalue weighted by Gasteiger charge is -2.09. The van der Waals surface area contributed by atoms with Crippen LogP contribution in [0.3, 0.4) is 0 Å². The number of aromatic nitrogens is 2. The zero-order chi connectivity index (χ0) is 21.4. The molecule has 5 heteroatoms. The van der Waals surface area contributed by atoms with E-state index in [0.717, 1.165) is 38.6 Å². The predicted molar refractivity (Wildman–Crippen MR) is 124 cm³/mol.